The summed E-state index contributed by atoms with van der Waals surface area (Å²) in [5.41, 5.74) is 0. The van der Waals surface area contributed by atoms with Crippen LogP contribution in [0.15, 0.2) is 0 Å². The molecule has 0 aromatic rings. The van der Waals surface area contributed by atoms with Gasteiger partial charge < -0.3 is 33.8 Å². The zero-order chi connectivity index (χ0) is 71.4. The van der Waals surface area contributed by atoms with Crippen LogP contribution in [0.5, 0.6) is 0 Å². The Hall–Kier alpha value is -1.94. The van der Waals surface area contributed by atoms with Crippen molar-refractivity contribution >= 4 is 39.5 Å². The number of esters is 4. The van der Waals surface area contributed by atoms with Crippen LogP contribution in [0.3, 0.4) is 0 Å². The highest BCUT2D eigenvalue weighted by Gasteiger charge is 2.30. The number of carbonyl (C=O) groups excluding carboxylic acids is 4. The van der Waals surface area contributed by atoms with Crippen LogP contribution in [0, 0.1) is 11.8 Å². The van der Waals surface area contributed by atoms with Gasteiger partial charge in [-0.2, -0.15) is 0 Å². The molecule has 0 aliphatic heterocycles. The normalized spacial score (nSPS) is 14.0. The van der Waals surface area contributed by atoms with Crippen molar-refractivity contribution in [2.75, 3.05) is 39.6 Å². The lowest BCUT2D eigenvalue weighted by atomic mass is 10.0. The molecule has 19 heteroatoms. The van der Waals surface area contributed by atoms with Crippen LogP contribution < -0.4 is 0 Å². The number of phosphoric ester groups is 2. The molecule has 0 heterocycles. The largest absolute Gasteiger partial charge is 0.472 e. The van der Waals surface area contributed by atoms with Crippen molar-refractivity contribution in [1.29, 1.82) is 0 Å². The molecule has 0 saturated heterocycles. The first kappa shape index (κ1) is 95.1. The van der Waals surface area contributed by atoms with Crippen molar-refractivity contribution in [3.8, 4) is 0 Å². The molecule has 0 aromatic heterocycles. The maximum atomic E-state index is 13.1. The lowest BCUT2D eigenvalue weighted by molar-refractivity contribution is -0.161. The summed E-state index contributed by atoms with van der Waals surface area (Å²) in [6, 6.07) is 0. The van der Waals surface area contributed by atoms with Crippen molar-refractivity contribution in [1.82, 2.24) is 0 Å². The minimum Gasteiger partial charge on any atom is -0.462 e. The number of ether oxygens (including phenoxy) is 4. The van der Waals surface area contributed by atoms with E-state index in [2.05, 4.69) is 41.5 Å². The smallest absolute Gasteiger partial charge is 0.462 e. The predicted molar refractivity (Wildman–Crippen MR) is 395 cm³/mol. The van der Waals surface area contributed by atoms with Gasteiger partial charge in [0.15, 0.2) is 12.2 Å². The van der Waals surface area contributed by atoms with E-state index in [-0.39, 0.29) is 25.7 Å². The van der Waals surface area contributed by atoms with Crippen molar-refractivity contribution < 1.29 is 80.2 Å². The molecule has 5 atom stereocenters. The van der Waals surface area contributed by atoms with Gasteiger partial charge in [0.05, 0.1) is 26.4 Å². The molecule has 0 aliphatic rings. The third kappa shape index (κ3) is 72.2. The molecule has 0 aliphatic carbocycles. The van der Waals surface area contributed by atoms with Gasteiger partial charge in [-0.05, 0) is 37.5 Å². The third-order valence-corrected chi connectivity index (χ3v) is 20.1. The van der Waals surface area contributed by atoms with Gasteiger partial charge in [0, 0.05) is 25.7 Å². The van der Waals surface area contributed by atoms with Crippen LogP contribution in [-0.2, 0) is 65.4 Å². The molecule has 0 rings (SSSR count). The second-order valence-corrected chi connectivity index (χ2v) is 32.0. The first-order valence-electron chi connectivity index (χ1n) is 40.5. The number of aliphatic hydroxyl groups excluding tert-OH is 1. The zero-order valence-electron chi connectivity index (χ0n) is 63.4. The first-order chi connectivity index (χ1) is 46.9. The molecule has 0 spiro atoms. The molecule has 0 radical (unpaired) electrons. The van der Waals surface area contributed by atoms with E-state index in [0.29, 0.717) is 25.7 Å². The van der Waals surface area contributed by atoms with Gasteiger partial charge in [0.2, 0.25) is 0 Å². The average Bonchev–Trinajstić information content (AvgIpc) is 1.52. The molecule has 0 amide bonds. The molecule has 576 valence electrons. The number of unbranched alkanes of at least 4 members (excludes halogenated alkanes) is 47. The number of hydrogen-bond acceptors (Lipinski definition) is 15. The molecule has 0 aromatic carbocycles. The van der Waals surface area contributed by atoms with E-state index in [1.807, 2.05) is 0 Å². The Morgan fingerprint density at radius 1 is 0.278 bits per heavy atom. The van der Waals surface area contributed by atoms with Gasteiger partial charge in [-0.1, -0.05) is 356 Å². The molecular formula is C78H152O17P2. The van der Waals surface area contributed by atoms with Gasteiger partial charge in [-0.25, -0.2) is 9.13 Å². The summed E-state index contributed by atoms with van der Waals surface area (Å²) >= 11 is 0. The van der Waals surface area contributed by atoms with Gasteiger partial charge >= 0.3 is 39.5 Å². The zero-order valence-corrected chi connectivity index (χ0v) is 65.2. The van der Waals surface area contributed by atoms with Crippen LogP contribution in [0.25, 0.3) is 0 Å². The summed E-state index contributed by atoms with van der Waals surface area (Å²) < 4.78 is 68.5. The summed E-state index contributed by atoms with van der Waals surface area (Å²) in [4.78, 5) is 72.8. The molecule has 17 nitrogen and oxygen atoms in total. The summed E-state index contributed by atoms with van der Waals surface area (Å²) in [5, 5.41) is 10.6. The fraction of sp³-hybridized carbons (Fsp3) is 0.949. The van der Waals surface area contributed by atoms with Crippen LogP contribution in [0.4, 0.5) is 0 Å². The Morgan fingerprint density at radius 2 is 0.474 bits per heavy atom. The highest BCUT2D eigenvalue weighted by Crippen LogP contribution is 2.45. The summed E-state index contributed by atoms with van der Waals surface area (Å²) in [6.07, 6.45) is 58.4. The van der Waals surface area contributed by atoms with Gasteiger partial charge in [0.1, 0.15) is 19.3 Å². The van der Waals surface area contributed by atoms with E-state index in [4.69, 9.17) is 37.0 Å². The van der Waals surface area contributed by atoms with Gasteiger partial charge in [-0.15, -0.1) is 0 Å². The van der Waals surface area contributed by atoms with Crippen LogP contribution >= 0.6 is 15.6 Å². The lowest BCUT2D eigenvalue weighted by Crippen LogP contribution is -2.30. The minimum absolute atomic E-state index is 0.106. The SMILES string of the molecule is CCCCCCCCCCCCCCCCCCCCCCCC(=O)O[C@H](COC(=O)CCCCCCCCCCCCCC(C)C)COP(=O)(O)OC[C@@H](O)COP(=O)(O)OC[C@@H](COC(=O)CCCCCCCCCC)OC(=O)CCCCCCCCCCCCCC(C)C. The second-order valence-electron chi connectivity index (χ2n) is 29.1. The predicted octanol–water partition coefficient (Wildman–Crippen LogP) is 23.1. The lowest BCUT2D eigenvalue weighted by Gasteiger charge is -2.21. The van der Waals surface area contributed by atoms with E-state index in [0.717, 1.165) is 108 Å². The van der Waals surface area contributed by atoms with Crippen LogP contribution in [-0.4, -0.2) is 96.7 Å². The van der Waals surface area contributed by atoms with Crippen LogP contribution in [0.2, 0.25) is 0 Å². The van der Waals surface area contributed by atoms with Crippen molar-refractivity contribution in [2.45, 2.75) is 426 Å². The topological polar surface area (TPSA) is 237 Å². The number of phosphoric acid groups is 2. The third-order valence-electron chi connectivity index (χ3n) is 18.2. The molecule has 97 heavy (non-hydrogen) atoms. The number of aliphatic hydroxyl groups is 1. The Bertz CT molecular complexity index is 1870. The highest BCUT2D eigenvalue weighted by molar-refractivity contribution is 7.47. The maximum absolute atomic E-state index is 13.1. The molecule has 0 fully saturated rings. The van der Waals surface area contributed by atoms with Gasteiger partial charge in [-0.3, -0.25) is 37.3 Å². The highest BCUT2D eigenvalue weighted by atomic mass is 31.2. The Balaban J connectivity index is 5.18. The Kier molecular flexibility index (Phi) is 68.4. The second kappa shape index (κ2) is 69.8. The Morgan fingerprint density at radius 3 is 0.701 bits per heavy atom. The minimum atomic E-state index is -4.96. The Labute approximate surface area is 594 Å². The van der Waals surface area contributed by atoms with E-state index in [1.54, 1.807) is 0 Å². The summed E-state index contributed by atoms with van der Waals surface area (Å²) in [7, 11) is -9.91. The fourth-order valence-electron chi connectivity index (χ4n) is 12.0. The standard InChI is InChI=1S/C78H152O17P2/c1-7-9-11-13-15-17-18-19-20-21-22-23-24-25-26-27-32-38-44-50-56-62-77(82)95-74(67-89-76(81)61-55-49-43-37-33-28-30-35-40-46-52-58-70(3)4)69-93-97(86,87)91-65-72(79)64-90-96(84,85)92-68-73(66-88-75(80)60-54-48-42-16-14-12-10-8-2)94-78(83)63-57-51-45-39-34-29-31-36-41-47-53-59-71(5)6/h70-74,79H,7-69H2,1-6H3,(H,84,85)(H,86,87)/t72-,73+,74+/m0/s1. The van der Waals surface area contributed by atoms with E-state index in [9.17, 15) is 43.2 Å². The maximum Gasteiger partial charge on any atom is 0.472 e. The van der Waals surface area contributed by atoms with Crippen molar-refractivity contribution in [3.63, 3.8) is 0 Å². The van der Waals surface area contributed by atoms with E-state index in [1.165, 1.54) is 218 Å². The fourth-order valence-corrected chi connectivity index (χ4v) is 13.6. The summed E-state index contributed by atoms with van der Waals surface area (Å²) in [5.74, 6) is -0.580. The first-order valence-corrected chi connectivity index (χ1v) is 43.5. The molecule has 3 N–H and O–H groups in total. The molecule has 0 saturated carbocycles. The molecule has 0 bridgehead atoms. The van der Waals surface area contributed by atoms with Gasteiger partial charge in [0.25, 0.3) is 0 Å². The van der Waals surface area contributed by atoms with E-state index >= 15 is 0 Å². The van der Waals surface area contributed by atoms with Crippen molar-refractivity contribution in [3.05, 3.63) is 0 Å². The molecular weight excluding hydrogens is 1270 g/mol. The number of carbonyl (C=O) groups is 4. The van der Waals surface area contributed by atoms with E-state index < -0.39 is 97.5 Å². The number of rotatable bonds is 77. The monoisotopic (exact) mass is 1420 g/mol. The summed E-state index contributed by atoms with van der Waals surface area (Å²) in [6.45, 7) is 9.59. The average molecular weight is 1420 g/mol. The quantitative estimate of drug-likeness (QED) is 0.0222. The van der Waals surface area contributed by atoms with Crippen LogP contribution in [0.1, 0.15) is 408 Å². The van der Waals surface area contributed by atoms with Crippen molar-refractivity contribution in [2.24, 2.45) is 11.8 Å². The molecule has 2 unspecified atom stereocenters. The number of hydrogen-bond donors (Lipinski definition) is 3.